The molecule has 0 saturated heterocycles. The maximum atomic E-state index is 13.6. The molecule has 1 aliphatic heterocycles. The second-order valence-electron chi connectivity index (χ2n) is 7.63. The SMILES string of the molecule is CC(C)OC(=O)[C@H](C)NP(=O)(CO[C@@H]1C=CC(n2cc(Br)c(=O)[nH]c2=O)O1)Oc1ccccc1. The molecule has 1 aliphatic rings. The van der Waals surface area contributed by atoms with Crippen LogP contribution in [0.2, 0.25) is 0 Å². The van der Waals surface area contributed by atoms with Gasteiger partial charge in [-0.1, -0.05) is 18.2 Å². The number of nitrogens with one attached hydrogen (secondary N) is 2. The van der Waals surface area contributed by atoms with Crippen LogP contribution in [0.15, 0.2) is 62.7 Å². The van der Waals surface area contributed by atoms with Crippen molar-refractivity contribution in [2.24, 2.45) is 0 Å². The van der Waals surface area contributed by atoms with Crippen molar-refractivity contribution >= 4 is 29.4 Å². The fraction of sp³-hybridized carbons (Fsp3) is 0.381. The minimum atomic E-state index is -3.77. The van der Waals surface area contributed by atoms with Crippen molar-refractivity contribution in [3.05, 3.63) is 74.0 Å². The molecule has 2 N–H and O–H groups in total. The second-order valence-corrected chi connectivity index (χ2v) is 10.5. The van der Waals surface area contributed by atoms with Gasteiger partial charge in [0.15, 0.2) is 18.9 Å². The summed E-state index contributed by atoms with van der Waals surface area (Å²) in [5.41, 5.74) is -1.23. The van der Waals surface area contributed by atoms with Crippen LogP contribution in [-0.2, 0) is 23.6 Å². The van der Waals surface area contributed by atoms with Gasteiger partial charge < -0.3 is 18.7 Å². The summed E-state index contributed by atoms with van der Waals surface area (Å²) in [5.74, 6) is -0.274. The Balaban J connectivity index is 1.69. The molecule has 184 valence electrons. The molecule has 0 amide bonds. The predicted octanol–water partition coefficient (Wildman–Crippen LogP) is 2.89. The first-order chi connectivity index (χ1) is 16.1. The first-order valence-corrected chi connectivity index (χ1v) is 12.9. The topological polar surface area (TPSA) is 138 Å². The molecule has 0 spiro atoms. The maximum absolute atomic E-state index is 13.6. The summed E-state index contributed by atoms with van der Waals surface area (Å²) in [5, 5.41) is 2.69. The van der Waals surface area contributed by atoms with E-state index >= 15 is 0 Å². The minimum Gasteiger partial charge on any atom is -0.462 e. The molecule has 1 aromatic heterocycles. The molecule has 0 fully saturated rings. The Morgan fingerprint density at radius 2 is 1.94 bits per heavy atom. The summed E-state index contributed by atoms with van der Waals surface area (Å²) in [4.78, 5) is 38.0. The molecule has 13 heteroatoms. The molecule has 3 rings (SSSR count). The number of rotatable bonds is 10. The van der Waals surface area contributed by atoms with E-state index in [1.54, 1.807) is 50.3 Å². The Morgan fingerprint density at radius 3 is 2.62 bits per heavy atom. The summed E-state index contributed by atoms with van der Waals surface area (Å²) in [6.45, 7) is 4.93. The number of halogens is 1. The Bertz CT molecular complexity index is 1200. The number of nitrogens with zero attached hydrogens (tertiary/aromatic N) is 1. The van der Waals surface area contributed by atoms with Gasteiger partial charge >= 0.3 is 19.2 Å². The summed E-state index contributed by atoms with van der Waals surface area (Å²) < 4.78 is 37.0. The number of para-hydroxylation sites is 1. The van der Waals surface area contributed by atoms with Crippen molar-refractivity contribution < 1.29 is 28.1 Å². The molecule has 0 saturated carbocycles. The highest BCUT2D eigenvalue weighted by atomic mass is 79.9. The summed E-state index contributed by atoms with van der Waals surface area (Å²) in [7, 11) is -3.77. The van der Waals surface area contributed by atoms with E-state index in [2.05, 4.69) is 26.0 Å². The van der Waals surface area contributed by atoms with E-state index < -0.39 is 49.6 Å². The van der Waals surface area contributed by atoms with Gasteiger partial charge in [0.2, 0.25) is 0 Å². The zero-order chi connectivity index (χ0) is 24.9. The van der Waals surface area contributed by atoms with Crippen LogP contribution in [0.4, 0.5) is 0 Å². The summed E-state index contributed by atoms with van der Waals surface area (Å²) in [6.07, 6.45) is 1.77. The van der Waals surface area contributed by atoms with Gasteiger partial charge in [-0.25, -0.2) is 9.88 Å². The quantitative estimate of drug-likeness (QED) is 0.256. The zero-order valence-corrected chi connectivity index (χ0v) is 21.2. The van der Waals surface area contributed by atoms with Crippen molar-refractivity contribution in [2.75, 3.05) is 6.35 Å². The van der Waals surface area contributed by atoms with Gasteiger partial charge in [0.25, 0.3) is 5.56 Å². The summed E-state index contributed by atoms with van der Waals surface area (Å²) >= 11 is 3.07. The third-order valence-corrected chi connectivity index (χ3v) is 6.75. The van der Waals surface area contributed by atoms with E-state index in [4.69, 9.17) is 18.7 Å². The van der Waals surface area contributed by atoms with Crippen LogP contribution >= 0.6 is 23.4 Å². The summed E-state index contributed by atoms with van der Waals surface area (Å²) in [6, 6.07) is 7.50. The number of hydrogen-bond donors (Lipinski definition) is 2. The lowest BCUT2D eigenvalue weighted by atomic mass is 10.3. The van der Waals surface area contributed by atoms with Crippen molar-refractivity contribution in [1.29, 1.82) is 0 Å². The van der Waals surface area contributed by atoms with E-state index in [0.717, 1.165) is 4.57 Å². The molecule has 11 nitrogen and oxygen atoms in total. The number of aromatic amines is 1. The van der Waals surface area contributed by atoms with E-state index in [1.807, 2.05) is 0 Å². The third-order valence-electron chi connectivity index (χ3n) is 4.41. The molecule has 2 aromatic rings. The van der Waals surface area contributed by atoms with Gasteiger partial charge in [-0.2, -0.15) is 0 Å². The van der Waals surface area contributed by atoms with Crippen molar-refractivity contribution in [3.8, 4) is 5.75 Å². The number of benzene rings is 1. The molecular formula is C21H25BrN3O8P. The van der Waals surface area contributed by atoms with Crippen LogP contribution in [0.3, 0.4) is 0 Å². The lowest BCUT2D eigenvalue weighted by molar-refractivity contribution is -0.149. The number of carbonyl (C=O) groups is 1. The van der Waals surface area contributed by atoms with E-state index in [0.29, 0.717) is 5.75 Å². The highest BCUT2D eigenvalue weighted by molar-refractivity contribution is 9.10. The number of carbonyl (C=O) groups excluding carboxylic acids is 1. The monoisotopic (exact) mass is 557 g/mol. The number of H-pyrrole nitrogens is 1. The molecule has 1 aromatic carbocycles. The lowest BCUT2D eigenvalue weighted by Gasteiger charge is -2.25. The highest BCUT2D eigenvalue weighted by Crippen LogP contribution is 2.44. The van der Waals surface area contributed by atoms with Gasteiger partial charge in [-0.15, -0.1) is 0 Å². The number of ether oxygens (including phenoxy) is 3. The van der Waals surface area contributed by atoms with Gasteiger partial charge in [-0.05, 0) is 61.0 Å². The third kappa shape index (κ3) is 7.00. The highest BCUT2D eigenvalue weighted by Gasteiger charge is 2.33. The Kier molecular flexibility index (Phi) is 8.67. The molecule has 0 aliphatic carbocycles. The van der Waals surface area contributed by atoms with Gasteiger partial charge in [0.05, 0.1) is 10.6 Å². The van der Waals surface area contributed by atoms with Gasteiger partial charge in [0.1, 0.15) is 11.8 Å². The van der Waals surface area contributed by atoms with E-state index in [9.17, 15) is 18.9 Å². The Labute approximate surface area is 203 Å². The van der Waals surface area contributed by atoms with Crippen molar-refractivity contribution in [3.63, 3.8) is 0 Å². The lowest BCUT2D eigenvalue weighted by Crippen LogP contribution is -2.37. The molecule has 2 unspecified atom stereocenters. The fourth-order valence-corrected chi connectivity index (χ4v) is 4.91. The fourth-order valence-electron chi connectivity index (χ4n) is 2.91. The maximum Gasteiger partial charge on any atom is 0.342 e. The Morgan fingerprint density at radius 1 is 1.24 bits per heavy atom. The molecule has 0 radical (unpaired) electrons. The standard InChI is InChI=1S/C21H25BrN3O8P/c1-13(2)31-20(27)14(3)24-34(29,33-15-7-5-4-6-8-15)12-30-18-10-9-17(32-18)25-11-16(22)19(26)23-21(25)28/h4-11,13-14,17-18H,12H2,1-3H3,(H,24,29)(H,23,26,28)/t14-,17?,18-,34?/m0/s1. The van der Waals surface area contributed by atoms with Crippen LogP contribution in [-0.4, -0.2) is 40.3 Å². The Hall–Kier alpha value is -2.50. The van der Waals surface area contributed by atoms with E-state index in [1.165, 1.54) is 19.2 Å². The van der Waals surface area contributed by atoms with E-state index in [-0.39, 0.29) is 10.6 Å². The second kappa shape index (κ2) is 11.3. The van der Waals surface area contributed by atoms with Gasteiger partial charge in [0, 0.05) is 6.20 Å². The first kappa shape index (κ1) is 26.1. The molecule has 4 atom stereocenters. The first-order valence-electron chi connectivity index (χ1n) is 10.3. The number of esters is 1. The van der Waals surface area contributed by atoms with Crippen molar-refractivity contribution in [1.82, 2.24) is 14.6 Å². The largest absolute Gasteiger partial charge is 0.462 e. The normalized spacial score (nSPS) is 20.1. The number of aromatic nitrogens is 2. The van der Waals surface area contributed by atoms with Crippen LogP contribution in [0, 0.1) is 0 Å². The van der Waals surface area contributed by atoms with Crippen LogP contribution in [0.25, 0.3) is 0 Å². The van der Waals surface area contributed by atoms with Crippen LogP contribution < -0.4 is 20.9 Å². The molecule has 34 heavy (non-hydrogen) atoms. The zero-order valence-electron chi connectivity index (χ0n) is 18.7. The predicted molar refractivity (Wildman–Crippen MR) is 127 cm³/mol. The van der Waals surface area contributed by atoms with Crippen LogP contribution in [0.1, 0.15) is 27.0 Å². The molecular weight excluding hydrogens is 533 g/mol. The molecule has 0 bridgehead atoms. The van der Waals surface area contributed by atoms with Gasteiger partial charge in [-0.3, -0.25) is 23.7 Å². The smallest absolute Gasteiger partial charge is 0.342 e. The van der Waals surface area contributed by atoms with Crippen LogP contribution in [0.5, 0.6) is 5.75 Å². The minimum absolute atomic E-state index is 0.153. The average Bonchev–Trinajstić information content (AvgIpc) is 3.24. The molecule has 2 heterocycles. The number of hydrogen-bond acceptors (Lipinski definition) is 8. The average molecular weight is 558 g/mol. The van der Waals surface area contributed by atoms with Crippen molar-refractivity contribution in [2.45, 2.75) is 45.4 Å².